The van der Waals surface area contributed by atoms with E-state index in [4.69, 9.17) is 5.73 Å². The van der Waals surface area contributed by atoms with Gasteiger partial charge in [0.05, 0.1) is 0 Å². The first-order valence-electron chi connectivity index (χ1n) is 6.50. The van der Waals surface area contributed by atoms with Crippen LogP contribution in [0.3, 0.4) is 0 Å². The summed E-state index contributed by atoms with van der Waals surface area (Å²) in [5, 5.41) is 13.6. The fraction of sp³-hybridized carbons (Fsp3) is 0.357. The SMILES string of the molecule is CCOC.NC(O)C(NC(=O)C=O)C(=O)Nc1ccccc1. The third-order valence-corrected chi connectivity index (χ3v) is 2.36. The van der Waals surface area contributed by atoms with E-state index in [1.54, 1.807) is 37.4 Å². The molecular weight excluding hydrogens is 290 g/mol. The summed E-state index contributed by atoms with van der Waals surface area (Å²) >= 11 is 0. The van der Waals surface area contributed by atoms with Crippen molar-refractivity contribution in [1.29, 1.82) is 0 Å². The third-order valence-electron chi connectivity index (χ3n) is 2.36. The number of hydrogen-bond donors (Lipinski definition) is 4. The highest BCUT2D eigenvalue weighted by Crippen LogP contribution is 2.05. The van der Waals surface area contributed by atoms with Crippen molar-refractivity contribution in [3.05, 3.63) is 30.3 Å². The van der Waals surface area contributed by atoms with Gasteiger partial charge in [0.15, 0.2) is 0 Å². The number of nitrogens with one attached hydrogen (secondary N) is 2. The summed E-state index contributed by atoms with van der Waals surface area (Å²) in [6, 6.07) is 7.02. The number of aliphatic hydroxyl groups excluding tert-OH is 1. The van der Waals surface area contributed by atoms with Crippen molar-refractivity contribution < 1.29 is 24.2 Å². The smallest absolute Gasteiger partial charge is 0.284 e. The predicted octanol–water partition coefficient (Wildman–Crippen LogP) is -0.761. The molecule has 2 atom stereocenters. The number of hydrogen-bond acceptors (Lipinski definition) is 6. The van der Waals surface area contributed by atoms with Gasteiger partial charge in [0.25, 0.3) is 11.8 Å². The molecule has 0 spiro atoms. The van der Waals surface area contributed by atoms with E-state index in [2.05, 4.69) is 10.1 Å². The quantitative estimate of drug-likeness (QED) is 0.310. The van der Waals surface area contributed by atoms with E-state index in [-0.39, 0.29) is 6.29 Å². The molecule has 2 amide bonds. The molecule has 0 fully saturated rings. The van der Waals surface area contributed by atoms with Gasteiger partial charge in [0.1, 0.15) is 12.3 Å². The van der Waals surface area contributed by atoms with Crippen molar-refractivity contribution in [2.45, 2.75) is 19.2 Å². The van der Waals surface area contributed by atoms with Crippen LogP contribution in [-0.2, 0) is 19.1 Å². The molecule has 0 bridgehead atoms. The van der Waals surface area contributed by atoms with Gasteiger partial charge in [0, 0.05) is 19.4 Å². The monoisotopic (exact) mass is 311 g/mol. The highest BCUT2D eigenvalue weighted by atomic mass is 16.5. The molecule has 22 heavy (non-hydrogen) atoms. The van der Waals surface area contributed by atoms with Crippen LogP contribution >= 0.6 is 0 Å². The Balaban J connectivity index is 0.000000980. The molecule has 0 heterocycles. The van der Waals surface area contributed by atoms with Gasteiger partial charge in [-0.15, -0.1) is 0 Å². The summed E-state index contributed by atoms with van der Waals surface area (Å²) in [5.41, 5.74) is 5.64. The summed E-state index contributed by atoms with van der Waals surface area (Å²) in [5.74, 6) is -1.75. The Morgan fingerprint density at radius 3 is 2.32 bits per heavy atom. The summed E-state index contributed by atoms with van der Waals surface area (Å²) in [7, 11) is 1.68. The van der Waals surface area contributed by atoms with E-state index in [1.165, 1.54) is 0 Å². The number of amides is 2. The topological polar surface area (TPSA) is 131 Å². The summed E-state index contributed by atoms with van der Waals surface area (Å²) in [6.07, 6.45) is -1.62. The first kappa shape index (κ1) is 19.7. The lowest BCUT2D eigenvalue weighted by Gasteiger charge is -2.19. The molecule has 0 aromatic heterocycles. The van der Waals surface area contributed by atoms with E-state index in [0.717, 1.165) is 6.61 Å². The zero-order chi connectivity index (χ0) is 17.0. The Bertz CT molecular complexity index is 463. The van der Waals surface area contributed by atoms with Gasteiger partial charge in [-0.1, -0.05) is 18.2 Å². The molecule has 1 rings (SSSR count). The maximum absolute atomic E-state index is 11.7. The molecule has 8 heteroatoms. The van der Waals surface area contributed by atoms with Crippen molar-refractivity contribution in [3.63, 3.8) is 0 Å². The largest absolute Gasteiger partial charge is 0.385 e. The fourth-order valence-corrected chi connectivity index (χ4v) is 1.23. The molecule has 0 radical (unpaired) electrons. The molecule has 2 unspecified atom stereocenters. The molecule has 1 aromatic rings. The van der Waals surface area contributed by atoms with Crippen LogP contribution in [0, 0.1) is 0 Å². The van der Waals surface area contributed by atoms with E-state index in [1.807, 2.05) is 12.2 Å². The summed E-state index contributed by atoms with van der Waals surface area (Å²) in [6.45, 7) is 2.78. The minimum Gasteiger partial charge on any atom is -0.385 e. The van der Waals surface area contributed by atoms with Crippen LogP contribution in [0.5, 0.6) is 0 Å². The van der Waals surface area contributed by atoms with Crippen molar-refractivity contribution in [3.8, 4) is 0 Å². The van der Waals surface area contributed by atoms with Crippen LogP contribution in [0.4, 0.5) is 5.69 Å². The second-order valence-electron chi connectivity index (χ2n) is 4.03. The normalized spacial score (nSPS) is 12.2. The molecular formula is C14H21N3O5. The van der Waals surface area contributed by atoms with Crippen molar-refractivity contribution in [2.75, 3.05) is 19.0 Å². The molecule has 0 aliphatic heterocycles. The Kier molecular flexibility index (Phi) is 10.2. The number of para-hydroxylation sites is 1. The van der Waals surface area contributed by atoms with Crippen LogP contribution in [0.1, 0.15) is 6.92 Å². The number of rotatable bonds is 6. The fourth-order valence-electron chi connectivity index (χ4n) is 1.23. The Morgan fingerprint density at radius 1 is 1.36 bits per heavy atom. The molecule has 1 aromatic carbocycles. The first-order valence-corrected chi connectivity index (χ1v) is 6.50. The van der Waals surface area contributed by atoms with Gasteiger partial charge in [-0.3, -0.25) is 14.4 Å². The van der Waals surface area contributed by atoms with Crippen LogP contribution in [-0.4, -0.2) is 49.2 Å². The van der Waals surface area contributed by atoms with Crippen molar-refractivity contribution in [2.24, 2.45) is 5.73 Å². The van der Waals surface area contributed by atoms with Crippen LogP contribution < -0.4 is 16.4 Å². The minimum absolute atomic E-state index is 0.00875. The zero-order valence-electron chi connectivity index (χ0n) is 12.5. The average Bonchev–Trinajstić information content (AvgIpc) is 2.53. The molecule has 0 aliphatic rings. The first-order chi connectivity index (χ1) is 10.5. The lowest BCUT2D eigenvalue weighted by molar-refractivity contribution is -0.134. The average molecular weight is 311 g/mol. The standard InChI is InChI=1S/C11H13N3O4.C3H8O/c12-10(17)9(14-8(16)6-15)11(18)13-7-4-2-1-3-5-7;1-3-4-2/h1-6,9-10,17H,12H2,(H,13,18)(H,14,16);3H2,1-2H3. The van der Waals surface area contributed by atoms with Gasteiger partial charge in [-0.2, -0.15) is 0 Å². The number of methoxy groups -OCH3 is 1. The second-order valence-corrected chi connectivity index (χ2v) is 4.03. The molecule has 0 saturated carbocycles. The van der Waals surface area contributed by atoms with Gasteiger partial charge >= 0.3 is 0 Å². The lowest BCUT2D eigenvalue weighted by atomic mass is 10.2. The number of aliphatic hydroxyl groups is 1. The summed E-state index contributed by atoms with van der Waals surface area (Å²) < 4.78 is 4.54. The minimum atomic E-state index is -1.61. The highest BCUT2D eigenvalue weighted by Gasteiger charge is 2.25. The Morgan fingerprint density at radius 2 is 1.91 bits per heavy atom. The number of aldehydes is 1. The predicted molar refractivity (Wildman–Crippen MR) is 80.8 cm³/mol. The zero-order valence-corrected chi connectivity index (χ0v) is 12.5. The van der Waals surface area contributed by atoms with Gasteiger partial charge in [0.2, 0.25) is 6.29 Å². The van der Waals surface area contributed by atoms with Gasteiger partial charge in [-0.05, 0) is 19.1 Å². The summed E-state index contributed by atoms with van der Waals surface area (Å²) in [4.78, 5) is 32.8. The number of ether oxygens (including phenoxy) is 1. The van der Waals surface area contributed by atoms with Gasteiger partial charge in [-0.25, -0.2) is 0 Å². The van der Waals surface area contributed by atoms with Crippen LogP contribution in [0.15, 0.2) is 30.3 Å². The van der Waals surface area contributed by atoms with Crippen molar-refractivity contribution in [1.82, 2.24) is 5.32 Å². The Hall–Kier alpha value is -2.29. The maximum Gasteiger partial charge on any atom is 0.284 e. The molecule has 0 saturated heterocycles. The molecule has 122 valence electrons. The van der Waals surface area contributed by atoms with Crippen LogP contribution in [0.25, 0.3) is 0 Å². The van der Waals surface area contributed by atoms with Crippen molar-refractivity contribution >= 4 is 23.8 Å². The second kappa shape index (κ2) is 11.4. The molecule has 8 nitrogen and oxygen atoms in total. The van der Waals surface area contributed by atoms with E-state index in [9.17, 15) is 19.5 Å². The number of carbonyl (C=O) groups is 3. The highest BCUT2D eigenvalue weighted by molar-refractivity contribution is 6.24. The number of carbonyl (C=O) groups excluding carboxylic acids is 3. The number of nitrogens with two attached hydrogens (primary N) is 1. The van der Waals surface area contributed by atoms with E-state index >= 15 is 0 Å². The van der Waals surface area contributed by atoms with Crippen LogP contribution in [0.2, 0.25) is 0 Å². The third kappa shape index (κ3) is 8.10. The Labute approximate surface area is 128 Å². The lowest BCUT2D eigenvalue weighted by Crippen LogP contribution is -2.54. The molecule has 5 N–H and O–H groups in total. The van der Waals surface area contributed by atoms with E-state index < -0.39 is 24.1 Å². The van der Waals surface area contributed by atoms with Gasteiger partial charge < -0.3 is 26.2 Å². The molecule has 0 aliphatic carbocycles. The number of anilines is 1. The maximum atomic E-state index is 11.7. The van der Waals surface area contributed by atoms with E-state index in [0.29, 0.717) is 5.69 Å². The number of benzene rings is 1.